The van der Waals surface area contributed by atoms with Crippen molar-refractivity contribution in [3.8, 4) is 0 Å². The number of carbonyl (C=O) groups excluding carboxylic acids is 3. The third kappa shape index (κ3) is 3.99. The largest absolute Gasteiger partial charge is 0.322 e. The molecule has 2 saturated heterocycles. The van der Waals surface area contributed by atoms with Gasteiger partial charge in [0.1, 0.15) is 11.9 Å². The van der Waals surface area contributed by atoms with Crippen molar-refractivity contribution in [1.82, 2.24) is 25.3 Å². The van der Waals surface area contributed by atoms with E-state index in [4.69, 9.17) is 0 Å². The average molecular weight is 476 g/mol. The Morgan fingerprint density at radius 3 is 2.69 bits per heavy atom. The summed E-state index contributed by atoms with van der Waals surface area (Å²) < 4.78 is 15.1. The molecule has 9 heteroatoms. The molecule has 2 aromatic carbocycles. The number of aromatic nitrogens is 2. The lowest BCUT2D eigenvalue weighted by atomic mass is 9.87. The number of hydrogen-bond donors (Lipinski definition) is 2. The normalized spacial score (nSPS) is 21.6. The predicted molar refractivity (Wildman–Crippen MR) is 126 cm³/mol. The Morgan fingerprint density at radius 1 is 1.06 bits per heavy atom. The molecule has 3 aromatic rings. The van der Waals surface area contributed by atoms with Crippen LogP contribution >= 0.6 is 0 Å². The van der Waals surface area contributed by atoms with Crippen LogP contribution in [0.2, 0.25) is 0 Å². The smallest absolute Gasteiger partial charge is 0.255 e. The average Bonchev–Trinajstić information content (AvgIpc) is 3.43. The Hall–Kier alpha value is -3.59. The van der Waals surface area contributed by atoms with Gasteiger partial charge in [0.2, 0.25) is 11.8 Å². The fraction of sp³-hybridized carbons (Fsp3) is 0.385. The Kier molecular flexibility index (Phi) is 5.36. The zero-order valence-corrected chi connectivity index (χ0v) is 19.2. The molecule has 0 spiro atoms. The van der Waals surface area contributed by atoms with Crippen molar-refractivity contribution in [2.24, 2.45) is 0 Å². The van der Waals surface area contributed by atoms with Gasteiger partial charge in [-0.3, -0.25) is 29.7 Å². The van der Waals surface area contributed by atoms with E-state index in [1.807, 2.05) is 12.3 Å². The SMILES string of the molecule is O=C1CCC(N2Cc3cc(C4CCN(Cc5ccc6c[nH]nc6c5)CC4)c(F)cc3C2=O)C(=O)N1. The highest BCUT2D eigenvalue weighted by Crippen LogP contribution is 2.35. The molecule has 1 aromatic heterocycles. The molecule has 4 heterocycles. The van der Waals surface area contributed by atoms with Gasteiger partial charge in [0.15, 0.2) is 0 Å². The summed E-state index contributed by atoms with van der Waals surface area (Å²) in [4.78, 5) is 40.5. The van der Waals surface area contributed by atoms with Crippen LogP contribution in [-0.4, -0.2) is 56.9 Å². The van der Waals surface area contributed by atoms with Crippen LogP contribution < -0.4 is 5.32 Å². The summed E-state index contributed by atoms with van der Waals surface area (Å²) in [5.41, 5.74) is 3.89. The molecule has 3 aliphatic rings. The van der Waals surface area contributed by atoms with E-state index in [1.165, 1.54) is 16.5 Å². The van der Waals surface area contributed by atoms with Crippen molar-refractivity contribution >= 4 is 28.6 Å². The summed E-state index contributed by atoms with van der Waals surface area (Å²) in [6.07, 6.45) is 4.05. The van der Waals surface area contributed by atoms with Crippen molar-refractivity contribution in [3.05, 3.63) is 64.6 Å². The molecule has 3 amide bonds. The highest BCUT2D eigenvalue weighted by Gasteiger charge is 2.40. The predicted octanol–water partition coefficient (Wildman–Crippen LogP) is 2.84. The molecule has 35 heavy (non-hydrogen) atoms. The topological polar surface area (TPSA) is 98.4 Å². The summed E-state index contributed by atoms with van der Waals surface area (Å²) in [7, 11) is 0. The molecule has 0 saturated carbocycles. The third-order valence-electron chi connectivity index (χ3n) is 7.57. The number of halogens is 1. The first-order valence-corrected chi connectivity index (χ1v) is 12.1. The molecule has 8 nitrogen and oxygen atoms in total. The fourth-order valence-electron chi connectivity index (χ4n) is 5.66. The maximum absolute atomic E-state index is 15.1. The van der Waals surface area contributed by atoms with E-state index in [0.717, 1.165) is 48.9 Å². The monoisotopic (exact) mass is 475 g/mol. The molecule has 1 atom stereocenters. The van der Waals surface area contributed by atoms with E-state index >= 15 is 4.39 Å². The third-order valence-corrected chi connectivity index (χ3v) is 7.57. The van der Waals surface area contributed by atoms with Gasteiger partial charge in [-0.25, -0.2) is 4.39 Å². The zero-order chi connectivity index (χ0) is 24.1. The minimum absolute atomic E-state index is 0.0881. The van der Waals surface area contributed by atoms with Gasteiger partial charge in [-0.1, -0.05) is 18.2 Å². The number of carbonyl (C=O) groups is 3. The molecule has 0 aliphatic carbocycles. The molecule has 0 radical (unpaired) electrons. The Labute approximate surface area is 201 Å². The zero-order valence-electron chi connectivity index (χ0n) is 19.2. The fourth-order valence-corrected chi connectivity index (χ4v) is 5.66. The molecule has 2 N–H and O–H groups in total. The van der Waals surface area contributed by atoms with E-state index in [0.29, 0.717) is 17.5 Å². The highest BCUT2D eigenvalue weighted by molar-refractivity contribution is 6.05. The second-order valence-corrected chi connectivity index (χ2v) is 9.76. The molecule has 6 rings (SSSR count). The van der Waals surface area contributed by atoms with Gasteiger partial charge in [0.25, 0.3) is 5.91 Å². The second kappa shape index (κ2) is 8.57. The Morgan fingerprint density at radius 2 is 1.89 bits per heavy atom. The molecule has 1 unspecified atom stereocenters. The summed E-state index contributed by atoms with van der Waals surface area (Å²) in [5.74, 6) is -1.39. The number of likely N-dealkylation sites (tertiary alicyclic amines) is 1. The van der Waals surface area contributed by atoms with Crippen LogP contribution in [0.15, 0.2) is 36.5 Å². The lowest BCUT2D eigenvalue weighted by Crippen LogP contribution is -2.52. The van der Waals surface area contributed by atoms with E-state index in [2.05, 4.69) is 38.6 Å². The van der Waals surface area contributed by atoms with Crippen LogP contribution in [0.5, 0.6) is 0 Å². The molecule has 0 bridgehead atoms. The number of imide groups is 1. The standard InChI is InChI=1S/C26H26FN5O3/c27-21-11-20-18(14-32(26(20)35)23-3-4-24(33)29-25(23)34)10-19(21)16-5-7-31(8-6-16)13-15-1-2-17-12-28-30-22(17)9-15/h1-2,9-12,16,23H,3-8,13-14H2,(H,28,30)(H,29,33,34). The quantitative estimate of drug-likeness (QED) is 0.566. The molecule has 3 aliphatic heterocycles. The minimum atomic E-state index is -0.692. The molecular formula is C26H26FN5O3. The van der Waals surface area contributed by atoms with Crippen molar-refractivity contribution in [1.29, 1.82) is 0 Å². The first-order valence-electron chi connectivity index (χ1n) is 12.1. The van der Waals surface area contributed by atoms with Gasteiger partial charge in [-0.05, 0) is 67.1 Å². The lowest BCUT2D eigenvalue weighted by Gasteiger charge is -2.32. The van der Waals surface area contributed by atoms with Crippen molar-refractivity contribution in [2.75, 3.05) is 13.1 Å². The second-order valence-electron chi connectivity index (χ2n) is 9.76. The van der Waals surface area contributed by atoms with Gasteiger partial charge in [-0.15, -0.1) is 0 Å². The maximum atomic E-state index is 15.1. The summed E-state index contributed by atoms with van der Waals surface area (Å²) in [6, 6.07) is 8.76. The van der Waals surface area contributed by atoms with Crippen LogP contribution in [0.1, 0.15) is 58.6 Å². The van der Waals surface area contributed by atoms with Crippen molar-refractivity contribution < 1.29 is 18.8 Å². The van der Waals surface area contributed by atoms with Gasteiger partial charge in [0, 0.05) is 36.7 Å². The number of fused-ring (bicyclic) bond motifs is 2. The number of nitrogens with one attached hydrogen (secondary N) is 2. The van der Waals surface area contributed by atoms with Crippen LogP contribution in [-0.2, 0) is 22.7 Å². The van der Waals surface area contributed by atoms with Crippen molar-refractivity contribution in [3.63, 3.8) is 0 Å². The van der Waals surface area contributed by atoms with Gasteiger partial charge in [-0.2, -0.15) is 5.10 Å². The van der Waals surface area contributed by atoms with E-state index in [1.54, 1.807) is 0 Å². The molecular weight excluding hydrogens is 449 g/mol. The highest BCUT2D eigenvalue weighted by atomic mass is 19.1. The van der Waals surface area contributed by atoms with Gasteiger partial charge < -0.3 is 4.90 Å². The number of aromatic amines is 1. The number of piperidine rings is 2. The summed E-state index contributed by atoms with van der Waals surface area (Å²) in [5, 5.41) is 10.5. The summed E-state index contributed by atoms with van der Waals surface area (Å²) >= 11 is 0. The number of benzene rings is 2. The van der Waals surface area contributed by atoms with E-state index < -0.39 is 11.9 Å². The van der Waals surface area contributed by atoms with Crippen LogP contribution in [0.25, 0.3) is 10.9 Å². The molecule has 2 fully saturated rings. The summed E-state index contributed by atoms with van der Waals surface area (Å²) in [6.45, 7) is 2.82. The van der Waals surface area contributed by atoms with Crippen LogP contribution in [0, 0.1) is 5.82 Å². The number of H-pyrrole nitrogens is 1. The molecule has 180 valence electrons. The van der Waals surface area contributed by atoms with Crippen LogP contribution in [0.3, 0.4) is 0 Å². The minimum Gasteiger partial charge on any atom is -0.322 e. The number of hydrogen-bond acceptors (Lipinski definition) is 5. The van der Waals surface area contributed by atoms with Gasteiger partial charge in [0.05, 0.1) is 5.52 Å². The number of amides is 3. The van der Waals surface area contributed by atoms with E-state index in [-0.39, 0.29) is 36.5 Å². The number of nitrogens with zero attached hydrogens (tertiary/aromatic N) is 3. The lowest BCUT2D eigenvalue weighted by molar-refractivity contribution is -0.136. The van der Waals surface area contributed by atoms with E-state index in [9.17, 15) is 14.4 Å². The first kappa shape index (κ1) is 21.9. The maximum Gasteiger partial charge on any atom is 0.255 e. The first-order chi connectivity index (χ1) is 17.0. The Balaban J connectivity index is 1.13. The Bertz CT molecular complexity index is 1340. The number of rotatable bonds is 4. The van der Waals surface area contributed by atoms with Crippen LogP contribution in [0.4, 0.5) is 4.39 Å². The van der Waals surface area contributed by atoms with Crippen molar-refractivity contribution in [2.45, 2.75) is 50.7 Å². The van der Waals surface area contributed by atoms with Gasteiger partial charge >= 0.3 is 0 Å².